The molecule has 0 saturated carbocycles. The van der Waals surface area contributed by atoms with Crippen LogP contribution in [0.25, 0.3) is 0 Å². The van der Waals surface area contributed by atoms with Crippen molar-refractivity contribution in [2.24, 2.45) is 0 Å². The summed E-state index contributed by atoms with van der Waals surface area (Å²) < 4.78 is 44.0. The zero-order chi connectivity index (χ0) is 12.3. The molecule has 0 N–H and O–H groups in total. The highest BCUT2D eigenvalue weighted by Crippen LogP contribution is 2.31. The molecule has 0 amide bonds. The second-order valence-electron chi connectivity index (χ2n) is 2.49. The summed E-state index contributed by atoms with van der Waals surface area (Å²) in [6.45, 7) is 0. The zero-order valence-corrected chi connectivity index (χ0v) is 9.39. The molecule has 0 aromatic carbocycles. The fraction of sp³-hybridized carbons (Fsp3) is 0.250. The first-order chi connectivity index (χ1) is 7.37. The Morgan fingerprint density at radius 2 is 2.12 bits per heavy atom. The maximum Gasteiger partial charge on any atom is 0.574 e. The van der Waals surface area contributed by atoms with Crippen LogP contribution in [0.2, 0.25) is 0 Å². The van der Waals surface area contributed by atoms with Gasteiger partial charge in [-0.15, -0.1) is 13.2 Å². The van der Waals surface area contributed by atoms with Crippen molar-refractivity contribution in [2.75, 3.05) is 7.11 Å². The van der Waals surface area contributed by atoms with E-state index in [-0.39, 0.29) is 15.9 Å². The van der Waals surface area contributed by atoms with Gasteiger partial charge in [0, 0.05) is 6.07 Å². The van der Waals surface area contributed by atoms with Crippen LogP contribution in [0, 0.1) is 11.3 Å². The van der Waals surface area contributed by atoms with Crippen LogP contribution in [0.15, 0.2) is 10.7 Å². The van der Waals surface area contributed by atoms with Crippen molar-refractivity contribution in [3.05, 3.63) is 16.2 Å². The monoisotopic (exact) mass is 296 g/mol. The van der Waals surface area contributed by atoms with E-state index in [9.17, 15) is 13.2 Å². The molecule has 0 spiro atoms. The summed E-state index contributed by atoms with van der Waals surface area (Å²) in [5.74, 6) is -0.751. The lowest BCUT2D eigenvalue weighted by molar-refractivity contribution is -0.276. The molecule has 1 aromatic heterocycles. The normalized spacial score (nSPS) is 10.8. The molecular weight excluding hydrogens is 293 g/mol. The van der Waals surface area contributed by atoms with Gasteiger partial charge in [-0.3, -0.25) is 0 Å². The Bertz CT molecular complexity index is 442. The third-order valence-electron chi connectivity index (χ3n) is 1.47. The van der Waals surface area contributed by atoms with Crippen molar-refractivity contribution >= 4 is 15.9 Å². The molecule has 8 heteroatoms. The standard InChI is InChI=1S/C8H4BrF3N2O2/c1-15-5-2-6(16-8(10,11)12)14-7(9)4(5)3-13/h2H,1H3. The Morgan fingerprint density at radius 3 is 2.56 bits per heavy atom. The number of rotatable bonds is 2. The largest absolute Gasteiger partial charge is 0.574 e. The van der Waals surface area contributed by atoms with Crippen molar-refractivity contribution in [1.82, 2.24) is 4.98 Å². The van der Waals surface area contributed by atoms with Crippen LogP contribution in [0.4, 0.5) is 13.2 Å². The summed E-state index contributed by atoms with van der Waals surface area (Å²) in [6.07, 6.45) is -4.84. The molecule has 0 aliphatic heterocycles. The predicted octanol–water partition coefficient (Wildman–Crippen LogP) is 2.62. The predicted molar refractivity (Wildman–Crippen MR) is 49.9 cm³/mol. The first-order valence-electron chi connectivity index (χ1n) is 3.77. The Hall–Kier alpha value is -1.49. The maximum absolute atomic E-state index is 11.9. The lowest BCUT2D eigenvalue weighted by atomic mass is 10.3. The highest BCUT2D eigenvalue weighted by Gasteiger charge is 2.32. The van der Waals surface area contributed by atoms with Gasteiger partial charge in [0.15, 0.2) is 0 Å². The van der Waals surface area contributed by atoms with Gasteiger partial charge < -0.3 is 9.47 Å². The van der Waals surface area contributed by atoms with Crippen LogP contribution >= 0.6 is 15.9 Å². The number of nitriles is 1. The molecule has 0 radical (unpaired) electrons. The Balaban J connectivity index is 3.17. The van der Waals surface area contributed by atoms with E-state index in [1.807, 2.05) is 0 Å². The lowest BCUT2D eigenvalue weighted by Crippen LogP contribution is -2.18. The van der Waals surface area contributed by atoms with Gasteiger partial charge in [-0.25, -0.2) is 4.98 Å². The number of hydrogen-bond donors (Lipinski definition) is 0. The van der Waals surface area contributed by atoms with E-state index in [4.69, 9.17) is 10.00 Å². The van der Waals surface area contributed by atoms with Gasteiger partial charge in [-0.2, -0.15) is 5.26 Å². The summed E-state index contributed by atoms with van der Waals surface area (Å²) in [5.41, 5.74) is -0.00276. The zero-order valence-electron chi connectivity index (χ0n) is 7.80. The molecule has 0 saturated heterocycles. The number of halogens is 4. The van der Waals surface area contributed by atoms with Crippen LogP contribution in [0.3, 0.4) is 0 Å². The Kier molecular flexibility index (Phi) is 3.59. The van der Waals surface area contributed by atoms with Gasteiger partial charge >= 0.3 is 6.36 Å². The molecule has 0 aliphatic carbocycles. The van der Waals surface area contributed by atoms with Gasteiger partial charge in [-0.05, 0) is 15.9 Å². The summed E-state index contributed by atoms with van der Waals surface area (Å²) in [7, 11) is 1.22. The topological polar surface area (TPSA) is 55.1 Å². The van der Waals surface area contributed by atoms with E-state index in [1.54, 1.807) is 6.07 Å². The van der Waals surface area contributed by atoms with Gasteiger partial charge in [0.05, 0.1) is 7.11 Å². The number of alkyl halides is 3. The fourth-order valence-electron chi connectivity index (χ4n) is 0.904. The molecule has 1 heterocycles. The van der Waals surface area contributed by atoms with Gasteiger partial charge in [0.25, 0.3) is 0 Å². The average molecular weight is 297 g/mol. The van der Waals surface area contributed by atoms with Crippen molar-refractivity contribution in [2.45, 2.75) is 6.36 Å². The number of hydrogen-bond acceptors (Lipinski definition) is 4. The summed E-state index contributed by atoms with van der Waals surface area (Å²) in [5, 5.41) is 8.69. The van der Waals surface area contributed by atoms with Gasteiger partial charge in [-0.1, -0.05) is 0 Å². The Morgan fingerprint density at radius 1 is 1.50 bits per heavy atom. The van der Waals surface area contributed by atoms with Crippen molar-refractivity contribution in [3.63, 3.8) is 0 Å². The second kappa shape index (κ2) is 4.57. The van der Waals surface area contributed by atoms with Crippen molar-refractivity contribution < 1.29 is 22.6 Å². The SMILES string of the molecule is COc1cc(OC(F)(F)F)nc(Br)c1C#N. The molecular formula is C8H4BrF3N2O2. The van der Waals surface area contributed by atoms with Crippen LogP contribution in [0.5, 0.6) is 11.6 Å². The average Bonchev–Trinajstić information content (AvgIpc) is 2.14. The first-order valence-corrected chi connectivity index (χ1v) is 4.57. The van der Waals surface area contributed by atoms with E-state index in [1.165, 1.54) is 7.11 Å². The van der Waals surface area contributed by atoms with Crippen LogP contribution in [0.1, 0.15) is 5.56 Å². The lowest BCUT2D eigenvalue weighted by Gasteiger charge is -2.10. The third-order valence-corrected chi connectivity index (χ3v) is 2.04. The van der Waals surface area contributed by atoms with E-state index < -0.39 is 12.2 Å². The summed E-state index contributed by atoms with van der Waals surface area (Å²) in [4.78, 5) is 3.41. The number of methoxy groups -OCH3 is 1. The fourth-order valence-corrected chi connectivity index (χ4v) is 1.36. The second-order valence-corrected chi connectivity index (χ2v) is 3.24. The molecule has 1 aromatic rings. The summed E-state index contributed by atoms with van der Waals surface area (Å²) in [6, 6.07) is 2.62. The van der Waals surface area contributed by atoms with E-state index in [2.05, 4.69) is 25.7 Å². The highest BCUT2D eigenvalue weighted by molar-refractivity contribution is 9.10. The smallest absolute Gasteiger partial charge is 0.495 e. The molecule has 4 nitrogen and oxygen atoms in total. The first kappa shape index (κ1) is 12.6. The quantitative estimate of drug-likeness (QED) is 0.787. The van der Waals surface area contributed by atoms with Crippen LogP contribution < -0.4 is 9.47 Å². The van der Waals surface area contributed by atoms with Crippen molar-refractivity contribution in [1.29, 1.82) is 5.26 Å². The molecule has 0 fully saturated rings. The molecule has 86 valence electrons. The van der Waals surface area contributed by atoms with E-state index in [0.29, 0.717) is 0 Å². The number of pyridine rings is 1. The number of nitrogens with zero attached hydrogens (tertiary/aromatic N) is 2. The highest BCUT2D eigenvalue weighted by atomic mass is 79.9. The minimum absolute atomic E-state index is 0.00276. The molecule has 0 unspecified atom stereocenters. The molecule has 0 aliphatic rings. The van der Waals surface area contributed by atoms with E-state index in [0.717, 1.165) is 6.07 Å². The van der Waals surface area contributed by atoms with Crippen molar-refractivity contribution in [3.8, 4) is 17.7 Å². The number of aromatic nitrogens is 1. The van der Waals surface area contributed by atoms with Gasteiger partial charge in [0.1, 0.15) is 22.0 Å². The minimum atomic E-state index is -4.84. The number of ether oxygens (including phenoxy) is 2. The molecule has 1 rings (SSSR count). The molecule has 16 heavy (non-hydrogen) atoms. The molecule has 0 bridgehead atoms. The molecule has 0 atom stereocenters. The maximum atomic E-state index is 11.9. The minimum Gasteiger partial charge on any atom is -0.495 e. The van der Waals surface area contributed by atoms with Gasteiger partial charge in [0.2, 0.25) is 5.88 Å². The summed E-state index contributed by atoms with van der Waals surface area (Å²) >= 11 is 2.85. The van der Waals surface area contributed by atoms with E-state index >= 15 is 0 Å². The third kappa shape index (κ3) is 3.00. The van der Waals surface area contributed by atoms with Crippen LogP contribution in [-0.2, 0) is 0 Å². The van der Waals surface area contributed by atoms with Crippen LogP contribution in [-0.4, -0.2) is 18.5 Å². The Labute approximate surface area is 96.7 Å².